The molecule has 0 heterocycles. The molecule has 0 aromatic heterocycles. The normalized spacial score (nSPS) is 29.1. The Morgan fingerprint density at radius 1 is 1.37 bits per heavy atom. The van der Waals surface area contributed by atoms with Crippen LogP contribution >= 0.6 is 0 Å². The SMILES string of the molecule is CC(O)(CC1CC1)C1(C#N)CCc2ccccc2C1. The molecule has 2 aliphatic rings. The van der Waals surface area contributed by atoms with Crippen molar-refractivity contribution in [3.63, 3.8) is 0 Å². The predicted octanol–water partition coefficient (Wildman–Crippen LogP) is 3.24. The summed E-state index contributed by atoms with van der Waals surface area (Å²) in [6, 6.07) is 10.8. The van der Waals surface area contributed by atoms with E-state index in [1.54, 1.807) is 0 Å². The number of benzene rings is 1. The Hall–Kier alpha value is -1.33. The first-order chi connectivity index (χ1) is 9.06. The first-order valence-corrected chi connectivity index (χ1v) is 7.27. The highest BCUT2D eigenvalue weighted by atomic mass is 16.3. The Bertz CT molecular complexity index is 524. The van der Waals surface area contributed by atoms with E-state index in [1.165, 1.54) is 24.0 Å². The van der Waals surface area contributed by atoms with Crippen LogP contribution < -0.4 is 0 Å². The van der Waals surface area contributed by atoms with Gasteiger partial charge in [-0.3, -0.25) is 0 Å². The third-order valence-corrected chi connectivity index (χ3v) is 5.06. The molecular weight excluding hydrogens is 234 g/mol. The van der Waals surface area contributed by atoms with Gasteiger partial charge >= 0.3 is 0 Å². The fourth-order valence-corrected chi connectivity index (χ4v) is 3.49. The average Bonchev–Trinajstić information content (AvgIpc) is 3.21. The van der Waals surface area contributed by atoms with E-state index in [0.717, 1.165) is 19.3 Å². The number of rotatable bonds is 3. The smallest absolute Gasteiger partial charge is 0.0900 e. The molecule has 1 saturated carbocycles. The third-order valence-electron chi connectivity index (χ3n) is 5.06. The van der Waals surface area contributed by atoms with Gasteiger partial charge in [-0.05, 0) is 49.7 Å². The van der Waals surface area contributed by atoms with Crippen molar-refractivity contribution in [1.29, 1.82) is 5.26 Å². The molecule has 1 N–H and O–H groups in total. The van der Waals surface area contributed by atoms with E-state index in [2.05, 4.69) is 24.3 Å². The highest BCUT2D eigenvalue weighted by Gasteiger charge is 2.51. The maximum Gasteiger partial charge on any atom is 0.0900 e. The van der Waals surface area contributed by atoms with Crippen LogP contribution in [0, 0.1) is 22.7 Å². The molecule has 0 saturated heterocycles. The summed E-state index contributed by atoms with van der Waals surface area (Å²) >= 11 is 0. The minimum Gasteiger partial charge on any atom is -0.388 e. The van der Waals surface area contributed by atoms with Gasteiger partial charge in [-0.1, -0.05) is 37.1 Å². The lowest BCUT2D eigenvalue weighted by molar-refractivity contribution is -0.0571. The van der Waals surface area contributed by atoms with Crippen LogP contribution in [0.4, 0.5) is 0 Å². The minimum absolute atomic E-state index is 0.607. The van der Waals surface area contributed by atoms with Gasteiger partial charge in [0.15, 0.2) is 0 Å². The van der Waals surface area contributed by atoms with E-state index >= 15 is 0 Å². The lowest BCUT2D eigenvalue weighted by atomic mass is 9.62. The van der Waals surface area contributed by atoms with Crippen LogP contribution in [0.15, 0.2) is 24.3 Å². The van der Waals surface area contributed by atoms with Crippen molar-refractivity contribution in [2.45, 2.75) is 51.0 Å². The summed E-state index contributed by atoms with van der Waals surface area (Å²) in [5, 5.41) is 20.6. The zero-order valence-corrected chi connectivity index (χ0v) is 11.5. The zero-order chi connectivity index (χ0) is 13.5. The standard InChI is InChI=1S/C17H21NO/c1-16(19,10-13-6-7-13)17(12-18)9-8-14-4-2-3-5-15(14)11-17/h2-5,13,19H,6-11H2,1H3. The van der Waals surface area contributed by atoms with E-state index in [9.17, 15) is 10.4 Å². The molecular formula is C17H21NO. The zero-order valence-electron chi connectivity index (χ0n) is 11.5. The molecule has 19 heavy (non-hydrogen) atoms. The van der Waals surface area contributed by atoms with E-state index in [0.29, 0.717) is 12.3 Å². The highest BCUT2D eigenvalue weighted by molar-refractivity contribution is 5.34. The summed E-state index contributed by atoms with van der Waals surface area (Å²) in [7, 11) is 0. The van der Waals surface area contributed by atoms with Crippen LogP contribution in [0.2, 0.25) is 0 Å². The van der Waals surface area contributed by atoms with Crippen LogP contribution in [0.3, 0.4) is 0 Å². The van der Waals surface area contributed by atoms with Gasteiger partial charge in [-0.15, -0.1) is 0 Å². The van der Waals surface area contributed by atoms with Crippen molar-refractivity contribution in [2.75, 3.05) is 0 Å². The average molecular weight is 255 g/mol. The second-order valence-corrected chi connectivity index (χ2v) is 6.56. The predicted molar refractivity (Wildman–Crippen MR) is 74.5 cm³/mol. The first-order valence-electron chi connectivity index (χ1n) is 7.27. The first kappa shape index (κ1) is 12.7. The Balaban J connectivity index is 1.91. The molecule has 0 bridgehead atoms. The molecule has 2 aliphatic carbocycles. The van der Waals surface area contributed by atoms with Crippen LogP contribution in [0.5, 0.6) is 0 Å². The van der Waals surface area contributed by atoms with Gasteiger partial charge in [0.05, 0.1) is 17.1 Å². The molecule has 100 valence electrons. The number of nitriles is 1. The highest BCUT2D eigenvalue weighted by Crippen LogP contribution is 2.49. The van der Waals surface area contributed by atoms with Crippen molar-refractivity contribution in [2.24, 2.45) is 11.3 Å². The van der Waals surface area contributed by atoms with Gasteiger partial charge in [0.1, 0.15) is 0 Å². The van der Waals surface area contributed by atoms with Crippen LogP contribution in [0.25, 0.3) is 0 Å². The Morgan fingerprint density at radius 2 is 2.05 bits per heavy atom. The second kappa shape index (κ2) is 4.35. The number of hydrogen-bond donors (Lipinski definition) is 1. The van der Waals surface area contributed by atoms with Crippen molar-refractivity contribution < 1.29 is 5.11 Å². The molecule has 0 aliphatic heterocycles. The molecule has 2 nitrogen and oxygen atoms in total. The summed E-state index contributed by atoms with van der Waals surface area (Å²) in [5.41, 5.74) is 1.11. The molecule has 3 rings (SSSR count). The van der Waals surface area contributed by atoms with E-state index in [4.69, 9.17) is 0 Å². The summed E-state index contributed by atoms with van der Waals surface area (Å²) in [6.45, 7) is 1.88. The lowest BCUT2D eigenvalue weighted by Crippen LogP contribution is -2.49. The van der Waals surface area contributed by atoms with Crippen molar-refractivity contribution in [3.8, 4) is 6.07 Å². The Kier molecular flexibility index (Phi) is 2.91. The quantitative estimate of drug-likeness (QED) is 0.901. The molecule has 2 atom stereocenters. The number of nitrogens with zero attached hydrogens (tertiary/aromatic N) is 1. The van der Waals surface area contributed by atoms with Crippen LogP contribution in [-0.4, -0.2) is 10.7 Å². The largest absolute Gasteiger partial charge is 0.388 e. The lowest BCUT2D eigenvalue weighted by Gasteiger charge is -2.43. The summed E-state index contributed by atoms with van der Waals surface area (Å²) < 4.78 is 0. The Morgan fingerprint density at radius 3 is 2.68 bits per heavy atom. The molecule has 1 aromatic rings. The van der Waals surface area contributed by atoms with Gasteiger partial charge in [-0.2, -0.15) is 5.26 Å². The molecule has 0 radical (unpaired) electrons. The van der Waals surface area contributed by atoms with Crippen molar-refractivity contribution in [1.82, 2.24) is 0 Å². The van der Waals surface area contributed by atoms with Crippen LogP contribution in [0.1, 0.15) is 43.7 Å². The molecule has 1 aromatic carbocycles. The van der Waals surface area contributed by atoms with Crippen LogP contribution in [-0.2, 0) is 12.8 Å². The fourth-order valence-electron chi connectivity index (χ4n) is 3.49. The van der Waals surface area contributed by atoms with E-state index < -0.39 is 11.0 Å². The number of fused-ring (bicyclic) bond motifs is 1. The van der Waals surface area contributed by atoms with Crippen molar-refractivity contribution >= 4 is 0 Å². The maximum atomic E-state index is 10.9. The molecule has 2 heteroatoms. The summed E-state index contributed by atoms with van der Waals surface area (Å²) in [5.74, 6) is 0.636. The van der Waals surface area contributed by atoms with Gasteiger partial charge in [-0.25, -0.2) is 0 Å². The van der Waals surface area contributed by atoms with E-state index in [-0.39, 0.29) is 0 Å². The third kappa shape index (κ3) is 2.17. The Labute approximate surface area is 115 Å². The van der Waals surface area contributed by atoms with Gasteiger partial charge < -0.3 is 5.11 Å². The van der Waals surface area contributed by atoms with Gasteiger partial charge in [0, 0.05) is 0 Å². The van der Waals surface area contributed by atoms with Gasteiger partial charge in [0.25, 0.3) is 0 Å². The van der Waals surface area contributed by atoms with Gasteiger partial charge in [0.2, 0.25) is 0 Å². The molecule has 0 spiro atoms. The topological polar surface area (TPSA) is 44.0 Å². The maximum absolute atomic E-state index is 10.9. The number of aryl methyl sites for hydroxylation is 1. The molecule has 2 unspecified atom stereocenters. The monoisotopic (exact) mass is 255 g/mol. The fraction of sp³-hybridized carbons (Fsp3) is 0.588. The van der Waals surface area contributed by atoms with Crippen molar-refractivity contribution in [3.05, 3.63) is 35.4 Å². The second-order valence-electron chi connectivity index (χ2n) is 6.56. The number of aliphatic hydroxyl groups is 1. The van der Waals surface area contributed by atoms with E-state index in [1.807, 2.05) is 13.0 Å². The minimum atomic E-state index is -0.865. The summed E-state index contributed by atoms with van der Waals surface area (Å²) in [6.07, 6.45) is 5.59. The summed E-state index contributed by atoms with van der Waals surface area (Å²) in [4.78, 5) is 0. The molecule has 0 amide bonds. The molecule has 1 fully saturated rings. The number of hydrogen-bond acceptors (Lipinski definition) is 2.